The largest absolute Gasteiger partial charge is 0.483 e. The van der Waals surface area contributed by atoms with Crippen LogP contribution in [0.3, 0.4) is 0 Å². The molecule has 0 saturated heterocycles. The fraction of sp³-hybridized carbons (Fsp3) is 0.500. The Bertz CT molecular complexity index is 524. The average Bonchev–Trinajstić information content (AvgIpc) is 2.47. The summed E-state index contributed by atoms with van der Waals surface area (Å²) in [4.78, 5) is 23.5. The highest BCUT2D eigenvalue weighted by Gasteiger charge is 2.16. The Hall–Kier alpha value is -1.36. The maximum Gasteiger partial charge on any atom is 0.258 e. The lowest BCUT2D eigenvalue weighted by molar-refractivity contribution is -0.124. The number of carbonyl (C=O) groups is 2. The number of amides is 1. The van der Waals surface area contributed by atoms with Gasteiger partial charge in [-0.15, -0.1) is 0 Å². The van der Waals surface area contributed by atoms with E-state index in [9.17, 15) is 9.59 Å². The molecule has 1 aromatic rings. The molecule has 0 atom stereocenters. The average molecular weight is 354 g/mol. The molecule has 2 rings (SSSR count). The van der Waals surface area contributed by atoms with Gasteiger partial charge in [-0.1, -0.05) is 35.2 Å². The van der Waals surface area contributed by atoms with Gasteiger partial charge in [0, 0.05) is 10.5 Å². The lowest BCUT2D eigenvalue weighted by Crippen LogP contribution is -2.39. The fourth-order valence-electron chi connectivity index (χ4n) is 2.56. The number of benzene rings is 1. The molecule has 5 heteroatoms. The van der Waals surface area contributed by atoms with E-state index in [0.29, 0.717) is 11.3 Å². The molecule has 0 bridgehead atoms. The van der Waals surface area contributed by atoms with E-state index in [1.54, 1.807) is 18.2 Å². The Kier molecular flexibility index (Phi) is 5.79. The van der Waals surface area contributed by atoms with Crippen molar-refractivity contribution in [1.82, 2.24) is 5.32 Å². The van der Waals surface area contributed by atoms with Crippen molar-refractivity contribution < 1.29 is 14.3 Å². The van der Waals surface area contributed by atoms with Gasteiger partial charge in [-0.2, -0.15) is 0 Å². The standard InChI is InChI=1S/C16H20BrNO3/c1-11(19)14-9-12(17)7-8-15(14)21-10-16(20)18-13-5-3-2-4-6-13/h7-9,13H,2-6,10H2,1H3,(H,18,20). The van der Waals surface area contributed by atoms with E-state index in [1.807, 2.05) is 0 Å². The first-order chi connectivity index (χ1) is 10.1. The number of nitrogens with one attached hydrogen (secondary N) is 1. The SMILES string of the molecule is CC(=O)c1cc(Br)ccc1OCC(=O)NC1CCCCC1. The number of hydrogen-bond acceptors (Lipinski definition) is 3. The molecule has 0 aromatic heterocycles. The molecule has 1 aliphatic rings. The maximum absolute atomic E-state index is 11.9. The normalized spacial score (nSPS) is 15.5. The summed E-state index contributed by atoms with van der Waals surface area (Å²) < 4.78 is 6.31. The van der Waals surface area contributed by atoms with Gasteiger partial charge in [-0.25, -0.2) is 0 Å². The predicted octanol–water partition coefficient (Wildman–Crippen LogP) is 3.48. The van der Waals surface area contributed by atoms with Crippen LogP contribution in [0, 0.1) is 0 Å². The van der Waals surface area contributed by atoms with E-state index in [1.165, 1.54) is 26.2 Å². The van der Waals surface area contributed by atoms with Gasteiger partial charge < -0.3 is 10.1 Å². The highest BCUT2D eigenvalue weighted by Crippen LogP contribution is 2.23. The molecule has 0 heterocycles. The van der Waals surface area contributed by atoms with Gasteiger partial charge in [-0.3, -0.25) is 9.59 Å². The summed E-state index contributed by atoms with van der Waals surface area (Å²) in [5.74, 6) is 0.239. The third kappa shape index (κ3) is 4.84. The molecule has 4 nitrogen and oxygen atoms in total. The lowest BCUT2D eigenvalue weighted by atomic mass is 9.95. The molecular weight excluding hydrogens is 334 g/mol. The van der Waals surface area contributed by atoms with Crippen molar-refractivity contribution in [3.63, 3.8) is 0 Å². The second-order valence-corrected chi connectivity index (χ2v) is 6.30. The summed E-state index contributed by atoms with van der Waals surface area (Å²) in [7, 11) is 0. The molecule has 114 valence electrons. The molecule has 21 heavy (non-hydrogen) atoms. The molecule has 1 fully saturated rings. The van der Waals surface area contributed by atoms with Crippen molar-refractivity contribution >= 4 is 27.6 Å². The minimum Gasteiger partial charge on any atom is -0.483 e. The second-order valence-electron chi connectivity index (χ2n) is 5.39. The van der Waals surface area contributed by atoms with Crippen LogP contribution in [0.2, 0.25) is 0 Å². The van der Waals surface area contributed by atoms with Gasteiger partial charge >= 0.3 is 0 Å². The molecule has 1 amide bonds. The molecule has 1 aromatic carbocycles. The summed E-state index contributed by atoms with van der Waals surface area (Å²) >= 11 is 3.32. The van der Waals surface area contributed by atoms with Crippen LogP contribution in [0.4, 0.5) is 0 Å². The topological polar surface area (TPSA) is 55.4 Å². The van der Waals surface area contributed by atoms with Gasteiger partial charge in [0.25, 0.3) is 5.91 Å². The van der Waals surface area contributed by atoms with Crippen molar-refractivity contribution in [2.75, 3.05) is 6.61 Å². The minimum absolute atomic E-state index is 0.0571. The van der Waals surface area contributed by atoms with Crippen molar-refractivity contribution in [3.05, 3.63) is 28.2 Å². The van der Waals surface area contributed by atoms with Gasteiger partial charge in [0.1, 0.15) is 5.75 Å². The van der Waals surface area contributed by atoms with E-state index in [-0.39, 0.29) is 24.3 Å². The number of halogens is 1. The first-order valence-corrected chi connectivity index (χ1v) is 8.08. The Morgan fingerprint density at radius 3 is 2.67 bits per heavy atom. The molecule has 1 aliphatic carbocycles. The van der Waals surface area contributed by atoms with E-state index in [4.69, 9.17) is 4.74 Å². The summed E-state index contributed by atoms with van der Waals surface area (Å²) in [6.07, 6.45) is 5.69. The van der Waals surface area contributed by atoms with Crippen LogP contribution in [0.1, 0.15) is 49.4 Å². The molecular formula is C16H20BrNO3. The number of ether oxygens (including phenoxy) is 1. The van der Waals surface area contributed by atoms with E-state index < -0.39 is 0 Å². The van der Waals surface area contributed by atoms with Gasteiger partial charge in [0.2, 0.25) is 0 Å². The number of carbonyl (C=O) groups excluding carboxylic acids is 2. The van der Waals surface area contributed by atoms with Gasteiger partial charge in [0.05, 0.1) is 5.56 Å². The first-order valence-electron chi connectivity index (χ1n) is 7.29. The zero-order valence-corrected chi connectivity index (χ0v) is 13.7. The molecule has 0 radical (unpaired) electrons. The van der Waals surface area contributed by atoms with Crippen LogP contribution >= 0.6 is 15.9 Å². The zero-order chi connectivity index (χ0) is 15.2. The Morgan fingerprint density at radius 2 is 2.00 bits per heavy atom. The predicted molar refractivity (Wildman–Crippen MR) is 84.7 cm³/mol. The van der Waals surface area contributed by atoms with Crippen LogP contribution < -0.4 is 10.1 Å². The van der Waals surface area contributed by atoms with Crippen molar-refractivity contribution in [3.8, 4) is 5.75 Å². The molecule has 0 aliphatic heterocycles. The molecule has 0 unspecified atom stereocenters. The van der Waals surface area contributed by atoms with Crippen LogP contribution in [-0.2, 0) is 4.79 Å². The van der Waals surface area contributed by atoms with Crippen LogP contribution in [0.5, 0.6) is 5.75 Å². The highest BCUT2D eigenvalue weighted by molar-refractivity contribution is 9.10. The van der Waals surface area contributed by atoms with Crippen molar-refractivity contribution in [2.45, 2.75) is 45.1 Å². The molecule has 1 N–H and O–H groups in total. The molecule has 0 spiro atoms. The number of hydrogen-bond donors (Lipinski definition) is 1. The summed E-state index contributed by atoms with van der Waals surface area (Å²) in [5, 5.41) is 2.99. The van der Waals surface area contributed by atoms with E-state index >= 15 is 0 Å². The Balaban J connectivity index is 1.90. The third-order valence-electron chi connectivity index (χ3n) is 3.65. The zero-order valence-electron chi connectivity index (χ0n) is 12.2. The molecule has 1 saturated carbocycles. The third-order valence-corrected chi connectivity index (χ3v) is 4.14. The summed E-state index contributed by atoms with van der Waals surface area (Å²) in [6, 6.07) is 5.47. The van der Waals surface area contributed by atoms with Crippen LogP contribution in [0.25, 0.3) is 0 Å². The van der Waals surface area contributed by atoms with Gasteiger partial charge in [-0.05, 0) is 38.0 Å². The van der Waals surface area contributed by atoms with E-state index in [2.05, 4.69) is 21.2 Å². The lowest BCUT2D eigenvalue weighted by Gasteiger charge is -2.22. The maximum atomic E-state index is 11.9. The van der Waals surface area contributed by atoms with Crippen molar-refractivity contribution in [2.24, 2.45) is 0 Å². The highest BCUT2D eigenvalue weighted by atomic mass is 79.9. The smallest absolute Gasteiger partial charge is 0.258 e. The Morgan fingerprint density at radius 1 is 1.29 bits per heavy atom. The Labute approximate surface area is 133 Å². The summed E-state index contributed by atoms with van der Waals surface area (Å²) in [6.45, 7) is 1.43. The number of Topliss-reactive ketones (excluding diaryl/α,β-unsaturated/α-hetero) is 1. The van der Waals surface area contributed by atoms with Crippen LogP contribution in [-0.4, -0.2) is 24.3 Å². The summed E-state index contributed by atoms with van der Waals surface area (Å²) in [5.41, 5.74) is 0.481. The van der Waals surface area contributed by atoms with E-state index in [0.717, 1.165) is 17.3 Å². The quantitative estimate of drug-likeness (QED) is 0.824. The number of ketones is 1. The first kappa shape index (κ1) is 16.0. The number of rotatable bonds is 5. The van der Waals surface area contributed by atoms with Crippen molar-refractivity contribution in [1.29, 1.82) is 0 Å². The van der Waals surface area contributed by atoms with Crippen LogP contribution in [0.15, 0.2) is 22.7 Å². The minimum atomic E-state index is -0.126. The second kappa shape index (κ2) is 7.59. The monoisotopic (exact) mass is 353 g/mol. The fourth-order valence-corrected chi connectivity index (χ4v) is 2.92. The van der Waals surface area contributed by atoms with Gasteiger partial charge in [0.15, 0.2) is 12.4 Å².